The van der Waals surface area contributed by atoms with Crippen molar-refractivity contribution in [3.8, 4) is 11.5 Å². The maximum atomic E-state index is 5.89. The molecule has 0 aliphatic carbocycles. The Kier molecular flexibility index (Phi) is 11.6. The van der Waals surface area contributed by atoms with Gasteiger partial charge in [0.2, 0.25) is 0 Å². The first-order valence-electron chi connectivity index (χ1n) is 7.36. The second-order valence-corrected chi connectivity index (χ2v) is 5.03. The van der Waals surface area contributed by atoms with Crippen LogP contribution >= 0.6 is 24.0 Å². The summed E-state index contributed by atoms with van der Waals surface area (Å²) in [6.45, 7) is 5.27. The average molecular weight is 437 g/mol. The van der Waals surface area contributed by atoms with E-state index in [1.165, 1.54) is 0 Å². The Balaban J connectivity index is 0.00000484. The highest BCUT2D eigenvalue weighted by Crippen LogP contribution is 2.26. The van der Waals surface area contributed by atoms with Gasteiger partial charge in [-0.2, -0.15) is 0 Å². The Morgan fingerprint density at radius 3 is 2.39 bits per heavy atom. The molecule has 2 atom stereocenters. The Bertz CT molecular complexity index is 472. The van der Waals surface area contributed by atoms with E-state index in [1.54, 1.807) is 21.3 Å². The third kappa shape index (κ3) is 8.26. The van der Waals surface area contributed by atoms with Gasteiger partial charge in [0.05, 0.1) is 20.3 Å². The first-order valence-corrected chi connectivity index (χ1v) is 7.36. The number of hydrogen-bond donors (Lipinski definition) is 2. The van der Waals surface area contributed by atoms with E-state index >= 15 is 0 Å². The van der Waals surface area contributed by atoms with Gasteiger partial charge in [0.1, 0.15) is 6.10 Å². The molecule has 0 aliphatic heterocycles. The molecule has 0 aliphatic rings. The zero-order chi connectivity index (χ0) is 16.4. The summed E-state index contributed by atoms with van der Waals surface area (Å²) < 4.78 is 16.3. The van der Waals surface area contributed by atoms with Crippen LogP contribution < -0.4 is 20.1 Å². The van der Waals surface area contributed by atoms with Crippen LogP contribution in [0.2, 0.25) is 0 Å². The molecular formula is C16H28IN3O3. The second-order valence-electron chi connectivity index (χ2n) is 5.03. The zero-order valence-electron chi connectivity index (χ0n) is 14.5. The summed E-state index contributed by atoms with van der Waals surface area (Å²) in [5, 5.41) is 6.48. The van der Waals surface area contributed by atoms with Crippen molar-refractivity contribution in [2.45, 2.75) is 26.0 Å². The molecular weight excluding hydrogens is 409 g/mol. The van der Waals surface area contributed by atoms with E-state index in [2.05, 4.69) is 15.6 Å². The van der Waals surface area contributed by atoms with Crippen molar-refractivity contribution in [1.29, 1.82) is 0 Å². The predicted octanol–water partition coefficient (Wildman–Crippen LogP) is 2.28. The molecule has 0 bridgehead atoms. The Labute approximate surface area is 156 Å². The summed E-state index contributed by atoms with van der Waals surface area (Å²) in [6.07, 6.45) is -0.0346. The normalized spacial score (nSPS) is 13.5. The lowest BCUT2D eigenvalue weighted by molar-refractivity contribution is 0.178. The van der Waals surface area contributed by atoms with Crippen LogP contribution in [0, 0.1) is 0 Å². The average Bonchev–Trinajstić information content (AvgIpc) is 2.52. The Hall–Kier alpha value is -1.22. The molecule has 1 aromatic carbocycles. The van der Waals surface area contributed by atoms with E-state index in [0.717, 1.165) is 17.5 Å². The van der Waals surface area contributed by atoms with Crippen LogP contribution in [-0.4, -0.2) is 52.5 Å². The highest BCUT2D eigenvalue weighted by Gasteiger charge is 2.10. The molecule has 1 aromatic rings. The highest BCUT2D eigenvalue weighted by atomic mass is 127. The van der Waals surface area contributed by atoms with Crippen LogP contribution in [0.3, 0.4) is 0 Å². The van der Waals surface area contributed by atoms with Crippen molar-refractivity contribution < 1.29 is 14.2 Å². The summed E-state index contributed by atoms with van der Waals surface area (Å²) in [4.78, 5) is 4.18. The summed E-state index contributed by atoms with van der Waals surface area (Å²) in [6, 6.07) is 7.79. The van der Waals surface area contributed by atoms with Crippen molar-refractivity contribution >= 4 is 29.9 Å². The number of nitrogens with one attached hydrogen (secondary N) is 2. The number of aliphatic imine (C=N–C) groups is 1. The monoisotopic (exact) mass is 437 g/mol. The minimum atomic E-state index is -0.0346. The third-order valence-corrected chi connectivity index (χ3v) is 2.98. The summed E-state index contributed by atoms with van der Waals surface area (Å²) in [5.74, 6) is 2.18. The van der Waals surface area contributed by atoms with Crippen LogP contribution in [-0.2, 0) is 4.74 Å². The van der Waals surface area contributed by atoms with Crippen molar-refractivity contribution in [2.24, 2.45) is 4.99 Å². The van der Waals surface area contributed by atoms with Gasteiger partial charge in [0.25, 0.3) is 0 Å². The van der Waals surface area contributed by atoms with Gasteiger partial charge in [-0.25, -0.2) is 0 Å². The van der Waals surface area contributed by atoms with Crippen LogP contribution in [0.15, 0.2) is 29.3 Å². The number of rotatable bonds is 8. The smallest absolute Gasteiger partial charge is 0.191 e. The van der Waals surface area contributed by atoms with Gasteiger partial charge in [0.15, 0.2) is 17.5 Å². The highest BCUT2D eigenvalue weighted by molar-refractivity contribution is 14.0. The largest absolute Gasteiger partial charge is 0.493 e. The lowest BCUT2D eigenvalue weighted by Crippen LogP contribution is -2.46. The van der Waals surface area contributed by atoms with E-state index in [0.29, 0.717) is 13.2 Å². The van der Waals surface area contributed by atoms with Crippen molar-refractivity contribution in [3.05, 3.63) is 24.3 Å². The number of nitrogens with zero attached hydrogens (tertiary/aromatic N) is 1. The Morgan fingerprint density at radius 1 is 1.17 bits per heavy atom. The number of para-hydroxylation sites is 2. The van der Waals surface area contributed by atoms with Gasteiger partial charge in [-0.05, 0) is 26.0 Å². The topological polar surface area (TPSA) is 64.1 Å². The molecule has 0 aromatic heterocycles. The molecule has 7 heteroatoms. The summed E-state index contributed by atoms with van der Waals surface area (Å²) >= 11 is 0. The summed E-state index contributed by atoms with van der Waals surface area (Å²) in [7, 11) is 5.05. The van der Waals surface area contributed by atoms with Crippen LogP contribution in [0.25, 0.3) is 0 Å². The van der Waals surface area contributed by atoms with Gasteiger partial charge in [-0.3, -0.25) is 4.99 Å². The third-order valence-electron chi connectivity index (χ3n) is 2.98. The van der Waals surface area contributed by atoms with Crippen molar-refractivity contribution in [1.82, 2.24) is 10.6 Å². The number of hydrogen-bond acceptors (Lipinski definition) is 4. The fourth-order valence-electron chi connectivity index (χ4n) is 1.93. The van der Waals surface area contributed by atoms with E-state index in [-0.39, 0.29) is 36.1 Å². The fourth-order valence-corrected chi connectivity index (χ4v) is 1.93. The van der Waals surface area contributed by atoms with E-state index in [4.69, 9.17) is 14.2 Å². The van der Waals surface area contributed by atoms with Crippen LogP contribution in [0.4, 0.5) is 0 Å². The minimum absolute atomic E-state index is 0. The molecule has 2 N–H and O–H groups in total. The SMILES string of the molecule is CN=C(NCC(C)Oc1ccccc1OC)NC(C)COC.I. The quantitative estimate of drug-likeness (QED) is 0.371. The molecule has 0 heterocycles. The second kappa shape index (κ2) is 12.2. The maximum Gasteiger partial charge on any atom is 0.191 e. The molecule has 2 unspecified atom stereocenters. The number of guanidine groups is 1. The minimum Gasteiger partial charge on any atom is -0.493 e. The molecule has 132 valence electrons. The van der Waals surface area contributed by atoms with Gasteiger partial charge < -0.3 is 24.8 Å². The van der Waals surface area contributed by atoms with Gasteiger partial charge >= 0.3 is 0 Å². The molecule has 0 spiro atoms. The maximum absolute atomic E-state index is 5.89. The van der Waals surface area contributed by atoms with Gasteiger partial charge in [-0.1, -0.05) is 12.1 Å². The fraction of sp³-hybridized carbons (Fsp3) is 0.562. The zero-order valence-corrected chi connectivity index (χ0v) is 16.8. The van der Waals surface area contributed by atoms with E-state index in [9.17, 15) is 0 Å². The van der Waals surface area contributed by atoms with Crippen LogP contribution in [0.1, 0.15) is 13.8 Å². The molecule has 23 heavy (non-hydrogen) atoms. The van der Waals surface area contributed by atoms with Gasteiger partial charge in [0, 0.05) is 20.2 Å². The molecule has 0 saturated heterocycles. The first-order chi connectivity index (χ1) is 10.6. The van der Waals surface area contributed by atoms with E-state index < -0.39 is 0 Å². The number of benzene rings is 1. The van der Waals surface area contributed by atoms with Crippen LogP contribution in [0.5, 0.6) is 11.5 Å². The number of ether oxygens (including phenoxy) is 3. The predicted molar refractivity (Wildman–Crippen MR) is 104 cm³/mol. The molecule has 6 nitrogen and oxygen atoms in total. The standard InChI is InChI=1S/C16H27N3O3.HI/c1-12(11-20-4)19-16(17-3)18-10-13(2)22-15-9-7-6-8-14(15)21-5;/h6-9,12-13H,10-11H2,1-5H3,(H2,17,18,19);1H. The van der Waals surface area contributed by atoms with Crippen molar-refractivity contribution in [3.63, 3.8) is 0 Å². The Morgan fingerprint density at radius 2 is 1.83 bits per heavy atom. The first kappa shape index (κ1) is 21.8. The molecule has 0 radical (unpaired) electrons. The number of halogens is 1. The number of methoxy groups -OCH3 is 2. The van der Waals surface area contributed by atoms with E-state index in [1.807, 2.05) is 38.1 Å². The molecule has 1 rings (SSSR count). The van der Waals surface area contributed by atoms with Crippen molar-refractivity contribution in [2.75, 3.05) is 34.4 Å². The lowest BCUT2D eigenvalue weighted by Gasteiger charge is -2.20. The summed E-state index contributed by atoms with van der Waals surface area (Å²) in [5.41, 5.74) is 0. The molecule has 0 saturated carbocycles. The lowest BCUT2D eigenvalue weighted by atomic mass is 10.3. The molecule has 0 amide bonds. The molecule has 0 fully saturated rings. The van der Waals surface area contributed by atoms with Gasteiger partial charge in [-0.15, -0.1) is 24.0 Å².